The van der Waals surface area contributed by atoms with E-state index in [4.69, 9.17) is 5.73 Å². The quantitative estimate of drug-likeness (QED) is 0.364. The van der Waals surface area contributed by atoms with Crippen LogP contribution in [-0.4, -0.2) is 87.1 Å². The summed E-state index contributed by atoms with van der Waals surface area (Å²) in [5, 5.41) is 22.7. The van der Waals surface area contributed by atoms with Gasteiger partial charge in [0, 0.05) is 19.1 Å². The molecule has 5 N–H and O–H groups in total. The maximum atomic E-state index is 13.6. The van der Waals surface area contributed by atoms with Crippen LogP contribution in [0.15, 0.2) is 30.3 Å². The number of hydrogen-bond donors (Lipinski definition) is 4. The van der Waals surface area contributed by atoms with E-state index in [1.807, 2.05) is 44.2 Å². The first-order valence-corrected chi connectivity index (χ1v) is 12.7. The minimum Gasteiger partial charge on any atom is -0.480 e. The van der Waals surface area contributed by atoms with Gasteiger partial charge in [-0.2, -0.15) is 0 Å². The molecular formula is C26H38N4O6. The largest absolute Gasteiger partial charge is 0.480 e. The second-order valence-electron chi connectivity index (χ2n) is 10.2. The minimum absolute atomic E-state index is 0.0566. The number of amides is 3. The molecule has 10 heteroatoms. The van der Waals surface area contributed by atoms with Gasteiger partial charge in [0.05, 0.1) is 0 Å². The molecule has 1 aromatic rings. The number of nitrogens with two attached hydrogens (primary N) is 1. The Morgan fingerprint density at radius 1 is 1.03 bits per heavy atom. The van der Waals surface area contributed by atoms with Crippen LogP contribution in [-0.2, 0) is 25.6 Å². The standard InChI is InChI=1S/C26H38N4O6/c1-16(2)14-19(28-23(32)22(31)18(27)15-17-8-4-3-5-9-17)24(33)29-12-6-10-20(29)25(34)30-13-7-11-21(30)26(35)36/h3-5,8-9,16,18-22,31H,6-7,10-15,27H2,1-2H3,(H,28,32)(H,35,36)/t18-,19+,20-,21-,22-/m1/s1. The Hall–Kier alpha value is -2.98. The number of benzene rings is 1. The predicted octanol–water partition coefficient (Wildman–Crippen LogP) is 0.515. The Bertz CT molecular complexity index is 940. The van der Waals surface area contributed by atoms with Crippen molar-refractivity contribution in [3.8, 4) is 0 Å². The molecule has 198 valence electrons. The van der Waals surface area contributed by atoms with Crippen molar-refractivity contribution >= 4 is 23.7 Å². The highest BCUT2D eigenvalue weighted by Gasteiger charge is 2.43. The number of carbonyl (C=O) groups excluding carboxylic acids is 3. The van der Waals surface area contributed by atoms with Gasteiger partial charge in [-0.3, -0.25) is 14.4 Å². The van der Waals surface area contributed by atoms with Gasteiger partial charge in [-0.15, -0.1) is 0 Å². The molecule has 10 nitrogen and oxygen atoms in total. The van der Waals surface area contributed by atoms with Crippen LogP contribution in [0, 0.1) is 5.92 Å². The Labute approximate surface area is 211 Å². The van der Waals surface area contributed by atoms with Crippen LogP contribution < -0.4 is 11.1 Å². The molecular weight excluding hydrogens is 464 g/mol. The number of aliphatic carboxylic acids is 1. The number of carboxylic acids is 1. The third-order valence-electron chi connectivity index (χ3n) is 6.95. The summed E-state index contributed by atoms with van der Waals surface area (Å²) in [7, 11) is 0. The first-order valence-electron chi connectivity index (χ1n) is 12.7. The Morgan fingerprint density at radius 2 is 1.64 bits per heavy atom. The molecule has 3 rings (SSSR count). The maximum absolute atomic E-state index is 13.6. The smallest absolute Gasteiger partial charge is 0.326 e. The van der Waals surface area contributed by atoms with Crippen molar-refractivity contribution in [2.24, 2.45) is 11.7 Å². The number of rotatable bonds is 10. The molecule has 0 aromatic heterocycles. The van der Waals surface area contributed by atoms with Gasteiger partial charge in [-0.25, -0.2) is 4.79 Å². The van der Waals surface area contributed by atoms with Crippen molar-refractivity contribution in [2.45, 2.75) is 82.6 Å². The van der Waals surface area contributed by atoms with Crippen LogP contribution in [0.25, 0.3) is 0 Å². The molecule has 3 amide bonds. The highest BCUT2D eigenvalue weighted by molar-refractivity contribution is 5.94. The van der Waals surface area contributed by atoms with E-state index < -0.39 is 48.1 Å². The van der Waals surface area contributed by atoms with E-state index in [1.54, 1.807) is 0 Å². The summed E-state index contributed by atoms with van der Waals surface area (Å²) < 4.78 is 0. The van der Waals surface area contributed by atoms with Crippen molar-refractivity contribution in [3.05, 3.63) is 35.9 Å². The normalized spacial score (nSPS) is 22.4. The lowest BCUT2D eigenvalue weighted by Gasteiger charge is -2.33. The fourth-order valence-corrected chi connectivity index (χ4v) is 5.11. The van der Waals surface area contributed by atoms with E-state index in [9.17, 15) is 29.4 Å². The number of carbonyl (C=O) groups is 4. The molecule has 2 aliphatic heterocycles. The molecule has 1 aromatic carbocycles. The molecule has 0 spiro atoms. The van der Waals surface area contributed by atoms with E-state index in [-0.39, 0.29) is 11.8 Å². The van der Waals surface area contributed by atoms with E-state index in [0.29, 0.717) is 51.6 Å². The summed E-state index contributed by atoms with van der Waals surface area (Å²) in [6.07, 6.45) is 1.17. The third-order valence-corrected chi connectivity index (χ3v) is 6.95. The van der Waals surface area contributed by atoms with E-state index in [1.165, 1.54) is 9.80 Å². The molecule has 2 fully saturated rings. The molecule has 36 heavy (non-hydrogen) atoms. The van der Waals surface area contributed by atoms with Crippen molar-refractivity contribution in [1.82, 2.24) is 15.1 Å². The zero-order valence-corrected chi connectivity index (χ0v) is 21.0. The maximum Gasteiger partial charge on any atom is 0.326 e. The zero-order valence-electron chi connectivity index (χ0n) is 21.0. The topological polar surface area (TPSA) is 153 Å². The highest BCUT2D eigenvalue weighted by atomic mass is 16.4. The number of aliphatic hydroxyl groups excluding tert-OH is 1. The van der Waals surface area contributed by atoms with Gasteiger partial charge >= 0.3 is 5.97 Å². The SMILES string of the molecule is CC(C)C[C@H](NC(=O)[C@H](O)[C@H](N)Cc1ccccc1)C(=O)N1CCC[C@@H]1C(=O)N1CCC[C@@H]1C(=O)O. The summed E-state index contributed by atoms with van der Waals surface area (Å²) in [5.74, 6) is -2.47. The zero-order chi connectivity index (χ0) is 26.4. The minimum atomic E-state index is -1.51. The Morgan fingerprint density at radius 3 is 2.25 bits per heavy atom. The van der Waals surface area contributed by atoms with Gasteiger partial charge in [-0.05, 0) is 50.0 Å². The predicted molar refractivity (Wildman–Crippen MR) is 133 cm³/mol. The summed E-state index contributed by atoms with van der Waals surface area (Å²) in [6.45, 7) is 4.53. The van der Waals surface area contributed by atoms with Gasteiger partial charge in [0.1, 0.15) is 24.2 Å². The summed E-state index contributed by atoms with van der Waals surface area (Å²) in [5.41, 5.74) is 6.97. The van der Waals surface area contributed by atoms with Gasteiger partial charge in [-0.1, -0.05) is 44.2 Å². The fourth-order valence-electron chi connectivity index (χ4n) is 5.11. The van der Waals surface area contributed by atoms with Crippen molar-refractivity contribution in [3.63, 3.8) is 0 Å². The number of carboxylic acid groups (broad SMARTS) is 1. The highest BCUT2D eigenvalue weighted by Crippen LogP contribution is 2.26. The number of hydrogen-bond acceptors (Lipinski definition) is 6. The Balaban J connectivity index is 1.69. The van der Waals surface area contributed by atoms with Crippen molar-refractivity contribution < 1.29 is 29.4 Å². The molecule has 2 saturated heterocycles. The average molecular weight is 503 g/mol. The lowest BCUT2D eigenvalue weighted by Crippen LogP contribution is -2.57. The van der Waals surface area contributed by atoms with E-state index >= 15 is 0 Å². The van der Waals surface area contributed by atoms with E-state index in [0.717, 1.165) is 5.56 Å². The Kier molecular flexibility index (Phi) is 9.44. The lowest BCUT2D eigenvalue weighted by molar-refractivity contribution is -0.152. The van der Waals surface area contributed by atoms with Gasteiger partial charge in [0.15, 0.2) is 0 Å². The second kappa shape index (κ2) is 12.3. The molecule has 0 saturated carbocycles. The number of nitrogens with zero attached hydrogens (tertiary/aromatic N) is 2. The number of aliphatic hydroxyl groups is 1. The van der Waals surface area contributed by atoms with E-state index in [2.05, 4.69) is 5.32 Å². The molecule has 0 radical (unpaired) electrons. The van der Waals surface area contributed by atoms with Crippen LogP contribution in [0.5, 0.6) is 0 Å². The third kappa shape index (κ3) is 6.61. The summed E-state index contributed by atoms with van der Waals surface area (Å²) >= 11 is 0. The second-order valence-corrected chi connectivity index (χ2v) is 10.2. The fraction of sp³-hybridized carbons (Fsp3) is 0.615. The molecule has 5 atom stereocenters. The van der Waals surface area contributed by atoms with Crippen LogP contribution in [0.1, 0.15) is 51.5 Å². The lowest BCUT2D eigenvalue weighted by atomic mass is 9.99. The molecule has 0 unspecified atom stereocenters. The summed E-state index contributed by atoms with van der Waals surface area (Å²) in [4.78, 5) is 54.1. The van der Waals surface area contributed by atoms with Crippen LogP contribution >= 0.6 is 0 Å². The molecule has 2 aliphatic rings. The molecule has 0 bridgehead atoms. The van der Waals surface area contributed by atoms with Crippen LogP contribution in [0.4, 0.5) is 0 Å². The van der Waals surface area contributed by atoms with Gasteiger partial charge < -0.3 is 31.1 Å². The van der Waals surface area contributed by atoms with Crippen LogP contribution in [0.2, 0.25) is 0 Å². The van der Waals surface area contributed by atoms with Crippen molar-refractivity contribution in [2.75, 3.05) is 13.1 Å². The average Bonchev–Trinajstić information content (AvgIpc) is 3.52. The van der Waals surface area contributed by atoms with Crippen LogP contribution in [0.3, 0.4) is 0 Å². The first-order chi connectivity index (χ1) is 17.1. The van der Waals surface area contributed by atoms with Crippen molar-refractivity contribution in [1.29, 1.82) is 0 Å². The van der Waals surface area contributed by atoms with Gasteiger partial charge in [0.2, 0.25) is 11.8 Å². The number of likely N-dealkylation sites (tertiary alicyclic amines) is 2. The summed E-state index contributed by atoms with van der Waals surface area (Å²) in [6, 6.07) is 5.86. The molecule has 2 heterocycles. The monoisotopic (exact) mass is 502 g/mol. The van der Waals surface area contributed by atoms with Gasteiger partial charge in [0.25, 0.3) is 5.91 Å². The number of nitrogens with one attached hydrogen (secondary N) is 1. The molecule has 0 aliphatic carbocycles. The first kappa shape index (κ1) is 27.6.